The Morgan fingerprint density at radius 1 is 1.06 bits per heavy atom. The third-order valence-electron chi connectivity index (χ3n) is 5.95. The van der Waals surface area contributed by atoms with Crippen LogP contribution in [0.15, 0.2) is 54.6 Å². The standard InChI is InChI=1S/C27H37NO3S2/c1-22-10-6-8-14-25(22)27(23-11-4-3-5-12-23)31-20-18-28(2)17-19-30-26(29)15-9-7-13-24-16-21-32-33-24/h3-6,8,10-12,14,24,27H,7,9,13,15-21H2,1-2H3/t24-,27?/m1/s1. The maximum absolute atomic E-state index is 12.0. The molecule has 1 unspecified atom stereocenters. The predicted octanol–water partition coefficient (Wildman–Crippen LogP) is 6.29. The summed E-state index contributed by atoms with van der Waals surface area (Å²) in [7, 11) is 6.03. The number of ether oxygens (including phenoxy) is 2. The minimum Gasteiger partial charge on any atom is -0.464 e. The van der Waals surface area contributed by atoms with Gasteiger partial charge in [-0.3, -0.25) is 4.79 Å². The van der Waals surface area contributed by atoms with Crippen LogP contribution in [0.25, 0.3) is 0 Å². The van der Waals surface area contributed by atoms with E-state index in [0.717, 1.165) is 30.2 Å². The highest BCUT2D eigenvalue weighted by Gasteiger charge is 2.17. The van der Waals surface area contributed by atoms with E-state index in [1.807, 2.05) is 34.7 Å². The highest BCUT2D eigenvalue weighted by molar-refractivity contribution is 8.77. The number of aryl methyl sites for hydroxylation is 1. The first-order chi connectivity index (χ1) is 16.1. The largest absolute Gasteiger partial charge is 0.464 e. The molecule has 0 radical (unpaired) electrons. The number of rotatable bonds is 14. The van der Waals surface area contributed by atoms with Gasteiger partial charge in [-0.1, -0.05) is 82.6 Å². The Labute approximate surface area is 207 Å². The first-order valence-electron chi connectivity index (χ1n) is 12.0. The summed E-state index contributed by atoms with van der Waals surface area (Å²) >= 11 is 0. The lowest BCUT2D eigenvalue weighted by Crippen LogP contribution is -2.28. The van der Waals surface area contributed by atoms with E-state index in [4.69, 9.17) is 9.47 Å². The van der Waals surface area contributed by atoms with Gasteiger partial charge in [-0.25, -0.2) is 0 Å². The number of benzene rings is 2. The molecule has 2 aromatic carbocycles. The van der Waals surface area contributed by atoms with Crippen LogP contribution >= 0.6 is 21.6 Å². The van der Waals surface area contributed by atoms with Crippen LogP contribution in [0, 0.1) is 6.92 Å². The molecule has 33 heavy (non-hydrogen) atoms. The topological polar surface area (TPSA) is 38.8 Å². The number of esters is 1. The first kappa shape index (κ1) is 26.1. The van der Waals surface area contributed by atoms with Gasteiger partial charge in [0.05, 0.1) is 6.61 Å². The fourth-order valence-electron chi connectivity index (χ4n) is 3.91. The molecule has 0 amide bonds. The highest BCUT2D eigenvalue weighted by Crippen LogP contribution is 2.39. The second kappa shape index (κ2) is 14.7. The Morgan fingerprint density at radius 3 is 2.58 bits per heavy atom. The molecule has 1 aliphatic rings. The molecule has 0 saturated carbocycles. The first-order valence-corrected chi connectivity index (χ1v) is 14.4. The molecule has 6 heteroatoms. The molecule has 0 bridgehead atoms. The molecule has 0 spiro atoms. The molecular weight excluding hydrogens is 450 g/mol. The van der Waals surface area contributed by atoms with Crippen molar-refractivity contribution >= 4 is 27.6 Å². The van der Waals surface area contributed by atoms with Gasteiger partial charge in [0.25, 0.3) is 0 Å². The molecule has 2 atom stereocenters. The van der Waals surface area contributed by atoms with Crippen molar-refractivity contribution in [3.8, 4) is 0 Å². The number of nitrogens with zero attached hydrogens (tertiary/aromatic N) is 1. The van der Waals surface area contributed by atoms with Crippen molar-refractivity contribution in [2.24, 2.45) is 0 Å². The molecule has 1 fully saturated rings. The number of carbonyl (C=O) groups is 1. The van der Waals surface area contributed by atoms with Crippen molar-refractivity contribution in [2.45, 2.75) is 50.4 Å². The molecular formula is C27H37NO3S2. The lowest BCUT2D eigenvalue weighted by molar-refractivity contribution is -0.144. The molecule has 0 N–H and O–H groups in total. The summed E-state index contributed by atoms with van der Waals surface area (Å²) in [6.07, 6.45) is 5.04. The van der Waals surface area contributed by atoms with E-state index in [2.05, 4.69) is 60.4 Å². The maximum atomic E-state index is 12.0. The fraction of sp³-hybridized carbons (Fsp3) is 0.519. The zero-order valence-electron chi connectivity index (χ0n) is 19.9. The molecule has 3 rings (SSSR count). The lowest BCUT2D eigenvalue weighted by atomic mass is 9.97. The van der Waals surface area contributed by atoms with Gasteiger partial charge in [0.2, 0.25) is 0 Å². The third kappa shape index (κ3) is 9.36. The molecule has 1 saturated heterocycles. The van der Waals surface area contributed by atoms with Crippen molar-refractivity contribution in [1.82, 2.24) is 4.90 Å². The summed E-state index contributed by atoms with van der Waals surface area (Å²) < 4.78 is 11.8. The number of unbranched alkanes of at least 4 members (excludes halogenated alkanes) is 1. The van der Waals surface area contributed by atoms with Crippen LogP contribution in [-0.4, -0.2) is 55.2 Å². The number of hydrogen-bond acceptors (Lipinski definition) is 6. The summed E-state index contributed by atoms with van der Waals surface area (Å²) in [5.41, 5.74) is 3.59. The number of hydrogen-bond donors (Lipinski definition) is 0. The van der Waals surface area contributed by atoms with E-state index >= 15 is 0 Å². The van der Waals surface area contributed by atoms with Crippen LogP contribution in [-0.2, 0) is 14.3 Å². The maximum Gasteiger partial charge on any atom is 0.305 e. The zero-order valence-corrected chi connectivity index (χ0v) is 21.5. The minimum absolute atomic E-state index is 0.0724. The Bertz CT molecular complexity index is 827. The van der Waals surface area contributed by atoms with Crippen LogP contribution in [0.3, 0.4) is 0 Å². The van der Waals surface area contributed by atoms with Crippen molar-refractivity contribution in [1.29, 1.82) is 0 Å². The van der Waals surface area contributed by atoms with E-state index in [9.17, 15) is 4.79 Å². The Hall–Kier alpha value is -1.47. The van der Waals surface area contributed by atoms with E-state index in [1.165, 1.54) is 29.7 Å². The fourth-order valence-corrected chi connectivity index (χ4v) is 6.93. The third-order valence-corrected chi connectivity index (χ3v) is 8.96. The molecule has 2 aromatic rings. The zero-order chi connectivity index (χ0) is 23.3. The van der Waals surface area contributed by atoms with Crippen molar-refractivity contribution in [3.05, 3.63) is 71.3 Å². The van der Waals surface area contributed by atoms with Crippen LogP contribution in [0.5, 0.6) is 0 Å². The normalized spacial score (nSPS) is 16.8. The van der Waals surface area contributed by atoms with Gasteiger partial charge >= 0.3 is 5.97 Å². The minimum atomic E-state index is -0.0835. The molecule has 1 heterocycles. The Balaban J connectivity index is 1.33. The second-order valence-electron chi connectivity index (χ2n) is 8.62. The van der Waals surface area contributed by atoms with Gasteiger partial charge in [-0.15, -0.1) is 0 Å². The van der Waals surface area contributed by atoms with Crippen LogP contribution in [0.2, 0.25) is 0 Å². The summed E-state index contributed by atoms with van der Waals surface area (Å²) in [6.45, 7) is 4.66. The number of carbonyl (C=O) groups excluding carboxylic acids is 1. The van der Waals surface area contributed by atoms with E-state index in [0.29, 0.717) is 26.2 Å². The SMILES string of the molecule is Cc1ccccc1C(OCCN(C)CCOC(=O)CCCC[C@@H]1CCSS1)c1ccccc1. The summed E-state index contributed by atoms with van der Waals surface area (Å²) in [6, 6.07) is 18.8. The summed E-state index contributed by atoms with van der Waals surface area (Å²) in [4.78, 5) is 14.1. The smallest absolute Gasteiger partial charge is 0.305 e. The molecule has 0 aromatic heterocycles. The van der Waals surface area contributed by atoms with E-state index in [-0.39, 0.29) is 12.1 Å². The van der Waals surface area contributed by atoms with Crippen LogP contribution < -0.4 is 0 Å². The molecule has 4 nitrogen and oxygen atoms in total. The van der Waals surface area contributed by atoms with Crippen molar-refractivity contribution in [2.75, 3.05) is 39.1 Å². The molecule has 0 aliphatic carbocycles. The summed E-state index contributed by atoms with van der Waals surface area (Å²) in [5, 5.41) is 0.786. The average molecular weight is 488 g/mol. The molecule has 180 valence electrons. The van der Waals surface area contributed by atoms with Crippen molar-refractivity contribution < 1.29 is 14.3 Å². The predicted molar refractivity (Wildman–Crippen MR) is 141 cm³/mol. The van der Waals surface area contributed by atoms with Gasteiger partial charge in [-0.05, 0) is 49.9 Å². The van der Waals surface area contributed by atoms with Gasteiger partial charge in [0.15, 0.2) is 0 Å². The van der Waals surface area contributed by atoms with Crippen LogP contribution in [0.4, 0.5) is 0 Å². The summed E-state index contributed by atoms with van der Waals surface area (Å²) in [5.74, 6) is 1.20. The highest BCUT2D eigenvalue weighted by atomic mass is 33.1. The van der Waals surface area contributed by atoms with Crippen molar-refractivity contribution in [3.63, 3.8) is 0 Å². The number of likely N-dealkylation sites (N-methyl/N-ethyl adjacent to an activating group) is 1. The van der Waals surface area contributed by atoms with E-state index in [1.54, 1.807) is 0 Å². The quantitative estimate of drug-likeness (QED) is 0.177. The molecule has 1 aliphatic heterocycles. The monoisotopic (exact) mass is 487 g/mol. The second-order valence-corrected chi connectivity index (χ2v) is 11.4. The average Bonchev–Trinajstić information content (AvgIpc) is 3.34. The Kier molecular flexibility index (Phi) is 11.7. The lowest BCUT2D eigenvalue weighted by Gasteiger charge is -2.23. The van der Waals surface area contributed by atoms with Crippen LogP contribution in [0.1, 0.15) is 54.9 Å². The van der Waals surface area contributed by atoms with Gasteiger partial charge < -0.3 is 14.4 Å². The van der Waals surface area contributed by atoms with Gasteiger partial charge in [0.1, 0.15) is 12.7 Å². The van der Waals surface area contributed by atoms with Gasteiger partial charge in [-0.2, -0.15) is 0 Å². The van der Waals surface area contributed by atoms with Gasteiger partial charge in [0, 0.05) is 30.5 Å². The Morgan fingerprint density at radius 2 is 1.82 bits per heavy atom. The van der Waals surface area contributed by atoms with E-state index < -0.39 is 0 Å².